The molecule has 0 aromatic carbocycles. The standard InChI is InChI=1S/C3H7N4O3PS/c8-11(9,10)2-1-7-3(12)4-5-6-7/h1-2H2,(H,4,6,12)(H2,8,9,10). The van der Waals surface area contributed by atoms with E-state index in [2.05, 4.69) is 27.7 Å². The summed E-state index contributed by atoms with van der Waals surface area (Å²) in [6.07, 6.45) is -0.273. The first-order chi connectivity index (χ1) is 5.49. The Morgan fingerprint density at radius 2 is 2.33 bits per heavy atom. The average Bonchev–Trinajstić information content (AvgIpc) is 2.29. The number of nitrogens with one attached hydrogen (secondary N) is 1. The van der Waals surface area contributed by atoms with Crippen LogP contribution in [0.4, 0.5) is 0 Å². The third-order valence-electron chi connectivity index (χ3n) is 1.15. The van der Waals surface area contributed by atoms with E-state index < -0.39 is 7.60 Å². The van der Waals surface area contributed by atoms with Crippen LogP contribution in [0.2, 0.25) is 0 Å². The van der Waals surface area contributed by atoms with E-state index >= 15 is 0 Å². The minimum absolute atomic E-state index is 0.0934. The Morgan fingerprint density at radius 1 is 1.67 bits per heavy atom. The van der Waals surface area contributed by atoms with E-state index in [4.69, 9.17) is 9.79 Å². The van der Waals surface area contributed by atoms with E-state index in [0.29, 0.717) is 0 Å². The fourth-order valence-corrected chi connectivity index (χ4v) is 1.23. The lowest BCUT2D eigenvalue weighted by Gasteiger charge is -2.02. The monoisotopic (exact) mass is 210 g/mol. The molecule has 0 spiro atoms. The van der Waals surface area contributed by atoms with E-state index in [9.17, 15) is 4.57 Å². The third-order valence-corrected chi connectivity index (χ3v) is 2.23. The van der Waals surface area contributed by atoms with Crippen LogP contribution in [-0.4, -0.2) is 36.2 Å². The van der Waals surface area contributed by atoms with Crippen LogP contribution in [0.15, 0.2) is 0 Å². The van der Waals surface area contributed by atoms with E-state index in [1.54, 1.807) is 0 Å². The molecule has 3 N–H and O–H groups in total. The lowest BCUT2D eigenvalue weighted by atomic mass is 10.8. The molecule has 12 heavy (non-hydrogen) atoms. The first-order valence-corrected chi connectivity index (χ1v) is 5.22. The molecule has 0 aliphatic rings. The van der Waals surface area contributed by atoms with Gasteiger partial charge in [0.1, 0.15) is 0 Å². The number of nitrogens with zero attached hydrogens (tertiary/aromatic N) is 3. The van der Waals surface area contributed by atoms with Gasteiger partial charge in [0.2, 0.25) is 4.77 Å². The van der Waals surface area contributed by atoms with Gasteiger partial charge in [0, 0.05) is 0 Å². The zero-order chi connectivity index (χ0) is 9.19. The van der Waals surface area contributed by atoms with E-state index in [0.717, 1.165) is 0 Å². The molecule has 1 aromatic rings. The van der Waals surface area contributed by atoms with Crippen LogP contribution in [-0.2, 0) is 11.1 Å². The SMILES string of the molecule is O=P(O)(O)CCn1[nH]nnc1=S. The Labute approximate surface area is 72.6 Å². The normalized spacial score (nSPS) is 11.8. The van der Waals surface area contributed by atoms with Crippen LogP contribution < -0.4 is 0 Å². The van der Waals surface area contributed by atoms with Gasteiger partial charge < -0.3 is 9.79 Å². The van der Waals surface area contributed by atoms with E-state index in [-0.39, 0.29) is 17.5 Å². The highest BCUT2D eigenvalue weighted by atomic mass is 32.1. The molecule has 0 fully saturated rings. The van der Waals surface area contributed by atoms with Crippen LogP contribution in [0, 0.1) is 4.77 Å². The van der Waals surface area contributed by atoms with Crippen molar-refractivity contribution in [3.05, 3.63) is 4.77 Å². The molecule has 0 aliphatic heterocycles. The molecule has 0 aliphatic carbocycles. The molecule has 0 atom stereocenters. The molecular weight excluding hydrogens is 203 g/mol. The number of hydrogen-bond donors (Lipinski definition) is 3. The number of aromatic amines is 1. The van der Waals surface area contributed by atoms with Crippen LogP contribution in [0.1, 0.15) is 0 Å². The molecule has 1 heterocycles. The van der Waals surface area contributed by atoms with Crippen molar-refractivity contribution in [2.75, 3.05) is 6.16 Å². The van der Waals surface area contributed by atoms with Crippen molar-refractivity contribution in [3.8, 4) is 0 Å². The maximum absolute atomic E-state index is 10.4. The number of hydrogen-bond acceptors (Lipinski definition) is 4. The highest BCUT2D eigenvalue weighted by Gasteiger charge is 2.12. The maximum atomic E-state index is 10.4. The van der Waals surface area contributed by atoms with Crippen molar-refractivity contribution in [1.82, 2.24) is 20.2 Å². The number of aryl methyl sites for hydroxylation is 1. The lowest BCUT2D eigenvalue weighted by Crippen LogP contribution is -2.05. The van der Waals surface area contributed by atoms with Crippen molar-refractivity contribution in [1.29, 1.82) is 0 Å². The summed E-state index contributed by atoms with van der Waals surface area (Å²) in [4.78, 5) is 17.0. The first-order valence-electron chi connectivity index (χ1n) is 3.01. The summed E-state index contributed by atoms with van der Waals surface area (Å²) in [6.45, 7) is 0.0934. The largest absolute Gasteiger partial charge is 0.327 e. The molecule has 7 nitrogen and oxygen atoms in total. The summed E-state index contributed by atoms with van der Waals surface area (Å²) >= 11 is 4.68. The third kappa shape index (κ3) is 2.82. The van der Waals surface area contributed by atoms with Gasteiger partial charge in [-0.2, -0.15) is 5.21 Å². The Morgan fingerprint density at radius 3 is 2.75 bits per heavy atom. The second-order valence-electron chi connectivity index (χ2n) is 2.12. The second-order valence-corrected chi connectivity index (χ2v) is 4.26. The second kappa shape index (κ2) is 3.44. The van der Waals surface area contributed by atoms with Gasteiger partial charge in [-0.1, -0.05) is 10.3 Å². The topological polar surface area (TPSA) is 104 Å². The van der Waals surface area contributed by atoms with Gasteiger partial charge in [0.05, 0.1) is 12.7 Å². The Kier molecular flexibility index (Phi) is 2.73. The van der Waals surface area contributed by atoms with Crippen molar-refractivity contribution < 1.29 is 14.4 Å². The number of tetrazole rings is 1. The van der Waals surface area contributed by atoms with Gasteiger partial charge in [-0.25, -0.2) is 4.68 Å². The quantitative estimate of drug-likeness (QED) is 0.459. The van der Waals surface area contributed by atoms with Crippen molar-refractivity contribution >= 4 is 19.8 Å². The highest BCUT2D eigenvalue weighted by molar-refractivity contribution is 7.71. The maximum Gasteiger partial charge on any atom is 0.327 e. The van der Waals surface area contributed by atoms with Gasteiger partial charge >= 0.3 is 7.60 Å². The summed E-state index contributed by atoms with van der Waals surface area (Å²) in [7, 11) is -3.97. The molecule has 0 unspecified atom stereocenters. The molecule has 0 saturated heterocycles. The molecule has 0 amide bonds. The van der Waals surface area contributed by atoms with Gasteiger partial charge in [-0.15, -0.1) is 0 Å². The highest BCUT2D eigenvalue weighted by Crippen LogP contribution is 2.33. The molecule has 9 heteroatoms. The first kappa shape index (κ1) is 9.53. The number of aromatic nitrogens is 4. The fraction of sp³-hybridized carbons (Fsp3) is 0.667. The molecule has 0 bridgehead atoms. The smallest absolute Gasteiger partial charge is 0.324 e. The van der Waals surface area contributed by atoms with Crippen LogP contribution in [0.3, 0.4) is 0 Å². The predicted octanol–water partition coefficient (Wildman–Crippen LogP) is -0.487. The summed E-state index contributed by atoms with van der Waals surface area (Å²) in [5, 5.41) is 9.18. The Balaban J connectivity index is 2.61. The van der Waals surface area contributed by atoms with Gasteiger partial charge in [-0.3, -0.25) is 4.57 Å². The van der Waals surface area contributed by atoms with E-state index in [1.165, 1.54) is 4.68 Å². The summed E-state index contributed by atoms with van der Waals surface area (Å²) in [5.41, 5.74) is 0. The number of H-pyrrole nitrogens is 1. The van der Waals surface area contributed by atoms with Crippen LogP contribution in [0.5, 0.6) is 0 Å². The van der Waals surface area contributed by atoms with Crippen molar-refractivity contribution in [2.24, 2.45) is 0 Å². The Hall–Kier alpha value is -0.560. The van der Waals surface area contributed by atoms with Crippen molar-refractivity contribution in [2.45, 2.75) is 6.54 Å². The summed E-state index contributed by atoms with van der Waals surface area (Å²) in [6, 6.07) is 0. The Bertz CT molecular complexity index is 352. The molecule has 0 radical (unpaired) electrons. The van der Waals surface area contributed by atoms with Gasteiger partial charge in [0.25, 0.3) is 0 Å². The molecule has 1 aromatic heterocycles. The van der Waals surface area contributed by atoms with Gasteiger partial charge in [0.15, 0.2) is 0 Å². The molecule has 0 saturated carbocycles. The predicted molar refractivity (Wildman–Crippen MR) is 42.1 cm³/mol. The zero-order valence-electron chi connectivity index (χ0n) is 5.91. The van der Waals surface area contributed by atoms with Crippen LogP contribution >= 0.6 is 19.8 Å². The molecular formula is C3H7N4O3PS. The fourth-order valence-electron chi connectivity index (χ4n) is 0.592. The number of rotatable bonds is 3. The summed E-state index contributed by atoms with van der Waals surface area (Å²) in [5.74, 6) is 0. The lowest BCUT2D eigenvalue weighted by molar-refractivity contribution is 0.368. The van der Waals surface area contributed by atoms with Gasteiger partial charge in [-0.05, 0) is 12.2 Å². The summed E-state index contributed by atoms with van der Waals surface area (Å²) < 4.78 is 11.9. The molecule has 1 rings (SSSR count). The minimum atomic E-state index is -3.97. The van der Waals surface area contributed by atoms with Crippen molar-refractivity contribution in [3.63, 3.8) is 0 Å². The zero-order valence-corrected chi connectivity index (χ0v) is 7.62. The minimum Gasteiger partial charge on any atom is -0.324 e. The van der Waals surface area contributed by atoms with E-state index in [1.807, 2.05) is 0 Å². The molecule has 68 valence electrons. The van der Waals surface area contributed by atoms with Crippen LogP contribution in [0.25, 0.3) is 0 Å². The average molecular weight is 210 g/mol.